The second kappa shape index (κ2) is 6.82. The van der Waals surface area contributed by atoms with Crippen LogP contribution in [0.4, 0.5) is 0 Å². The lowest BCUT2D eigenvalue weighted by Gasteiger charge is -2.24. The van der Waals surface area contributed by atoms with Gasteiger partial charge in [-0.25, -0.2) is 0 Å². The minimum atomic E-state index is -2.03. The lowest BCUT2D eigenvalue weighted by molar-refractivity contribution is 0.241. The molecule has 0 unspecified atom stereocenters. The predicted molar refractivity (Wildman–Crippen MR) is 74.8 cm³/mol. The summed E-state index contributed by atoms with van der Waals surface area (Å²) < 4.78 is 11.9. The first-order valence-corrected chi connectivity index (χ1v) is 9.25. The van der Waals surface area contributed by atoms with Crippen LogP contribution >= 0.6 is 0 Å². The Labute approximate surface area is 106 Å². The van der Waals surface area contributed by atoms with Crippen molar-refractivity contribution >= 4 is 8.56 Å². The van der Waals surface area contributed by atoms with Crippen LogP contribution in [0.25, 0.3) is 0 Å². The molecule has 96 valence electrons. The maximum absolute atomic E-state index is 6.03. The van der Waals surface area contributed by atoms with Gasteiger partial charge < -0.3 is 8.85 Å². The smallest absolute Gasteiger partial charge is 0.392 e. The van der Waals surface area contributed by atoms with Gasteiger partial charge in [-0.15, -0.1) is 0 Å². The maximum atomic E-state index is 6.03. The Morgan fingerprint density at radius 3 is 2.47 bits per heavy atom. The monoisotopic (exact) mass is 252 g/mol. The first-order chi connectivity index (χ1) is 8.05. The second-order valence-corrected chi connectivity index (χ2v) is 8.12. The highest BCUT2D eigenvalue weighted by atomic mass is 28.4. The van der Waals surface area contributed by atoms with Crippen LogP contribution in [0.5, 0.6) is 5.75 Å². The molecule has 0 amide bonds. The van der Waals surface area contributed by atoms with Gasteiger partial charge in [0.25, 0.3) is 0 Å². The third kappa shape index (κ3) is 5.37. The minimum Gasteiger partial charge on any atom is -0.520 e. The number of rotatable bonds is 7. The van der Waals surface area contributed by atoms with E-state index in [1.54, 1.807) is 0 Å². The van der Waals surface area contributed by atoms with Crippen LogP contribution in [0.1, 0.15) is 31.7 Å². The van der Waals surface area contributed by atoms with E-state index in [-0.39, 0.29) is 0 Å². The Hall–Kier alpha value is -0.803. The van der Waals surface area contributed by atoms with Crippen molar-refractivity contribution in [3.05, 3.63) is 29.8 Å². The van der Waals surface area contributed by atoms with Crippen molar-refractivity contribution in [2.45, 2.75) is 46.2 Å². The Morgan fingerprint density at radius 1 is 1.12 bits per heavy atom. The predicted octanol–water partition coefficient (Wildman–Crippen LogP) is 4.28. The van der Waals surface area contributed by atoms with Crippen LogP contribution in [0.15, 0.2) is 24.3 Å². The van der Waals surface area contributed by atoms with Gasteiger partial charge in [0.15, 0.2) is 0 Å². The fourth-order valence-corrected chi connectivity index (χ4v) is 3.09. The zero-order chi connectivity index (χ0) is 12.7. The molecule has 0 bridgehead atoms. The molecule has 3 heteroatoms. The molecular weight excluding hydrogens is 228 g/mol. The molecule has 0 heterocycles. The van der Waals surface area contributed by atoms with Crippen molar-refractivity contribution in [2.24, 2.45) is 0 Å². The van der Waals surface area contributed by atoms with Gasteiger partial charge in [-0.05, 0) is 38.1 Å². The van der Waals surface area contributed by atoms with E-state index < -0.39 is 8.56 Å². The summed E-state index contributed by atoms with van der Waals surface area (Å²) in [7, 11) is -2.03. The van der Waals surface area contributed by atoms with Crippen LogP contribution in [-0.4, -0.2) is 15.2 Å². The number of hydrogen-bond acceptors (Lipinski definition) is 2. The molecule has 17 heavy (non-hydrogen) atoms. The van der Waals surface area contributed by atoms with Crippen molar-refractivity contribution in [1.82, 2.24) is 0 Å². The molecule has 1 aromatic carbocycles. The Balaban J connectivity index is 2.46. The number of hydrogen-bond donors (Lipinski definition) is 0. The maximum Gasteiger partial charge on any atom is 0.392 e. The van der Waals surface area contributed by atoms with Gasteiger partial charge >= 0.3 is 8.56 Å². The highest BCUT2D eigenvalue weighted by molar-refractivity contribution is 6.65. The highest BCUT2D eigenvalue weighted by Crippen LogP contribution is 2.21. The van der Waals surface area contributed by atoms with E-state index in [0.29, 0.717) is 0 Å². The van der Waals surface area contributed by atoms with Crippen molar-refractivity contribution in [3.8, 4) is 5.75 Å². The van der Waals surface area contributed by atoms with E-state index in [9.17, 15) is 0 Å². The molecule has 0 spiro atoms. The summed E-state index contributed by atoms with van der Waals surface area (Å²) in [6, 6.07) is 8.11. The number of para-hydroxylation sites is 1. The quantitative estimate of drug-likeness (QED) is 0.532. The number of aryl methyl sites for hydroxylation is 1. The molecule has 0 saturated heterocycles. The third-order valence-electron chi connectivity index (χ3n) is 2.65. The molecule has 0 aliphatic rings. The lowest BCUT2D eigenvalue weighted by Crippen LogP contribution is -2.38. The molecule has 0 saturated carbocycles. The first kappa shape index (κ1) is 14.3. The molecule has 0 aromatic heterocycles. The van der Waals surface area contributed by atoms with Gasteiger partial charge in [-0.2, -0.15) is 0 Å². The molecule has 1 rings (SSSR count). The van der Waals surface area contributed by atoms with E-state index in [1.165, 1.54) is 18.4 Å². The number of unbranched alkanes of at least 4 members (excludes halogenated alkanes) is 2. The van der Waals surface area contributed by atoms with E-state index in [2.05, 4.69) is 33.0 Å². The Bertz CT molecular complexity index is 337. The second-order valence-electron chi connectivity index (χ2n) is 4.82. The average molecular weight is 252 g/mol. The van der Waals surface area contributed by atoms with Crippen molar-refractivity contribution in [2.75, 3.05) is 6.61 Å². The van der Waals surface area contributed by atoms with Crippen LogP contribution < -0.4 is 4.43 Å². The summed E-state index contributed by atoms with van der Waals surface area (Å²) in [5.41, 5.74) is 1.17. The molecule has 0 aliphatic heterocycles. The lowest BCUT2D eigenvalue weighted by atomic mass is 10.2. The molecule has 0 radical (unpaired) electrons. The molecule has 0 aliphatic carbocycles. The average Bonchev–Trinajstić information content (AvgIpc) is 2.28. The molecular formula is C14H24O2Si. The summed E-state index contributed by atoms with van der Waals surface area (Å²) in [6.07, 6.45) is 3.59. The van der Waals surface area contributed by atoms with Crippen molar-refractivity contribution in [1.29, 1.82) is 0 Å². The summed E-state index contributed by atoms with van der Waals surface area (Å²) in [4.78, 5) is 0. The standard InChI is InChI=1S/C14H24O2Si/c1-5-6-9-12-15-17(3,4)16-14-11-8-7-10-13(14)2/h7-8,10-11H,5-6,9,12H2,1-4H3. The van der Waals surface area contributed by atoms with Gasteiger partial charge in [-0.1, -0.05) is 38.0 Å². The topological polar surface area (TPSA) is 18.5 Å². The van der Waals surface area contributed by atoms with Gasteiger partial charge in [-0.3, -0.25) is 0 Å². The van der Waals surface area contributed by atoms with E-state index in [1.807, 2.05) is 18.2 Å². The van der Waals surface area contributed by atoms with E-state index in [4.69, 9.17) is 8.85 Å². The fourth-order valence-electron chi connectivity index (χ4n) is 1.64. The van der Waals surface area contributed by atoms with Crippen LogP contribution in [0.3, 0.4) is 0 Å². The normalized spacial score (nSPS) is 11.5. The Morgan fingerprint density at radius 2 is 1.82 bits per heavy atom. The van der Waals surface area contributed by atoms with E-state index in [0.717, 1.165) is 18.8 Å². The molecule has 0 fully saturated rings. The van der Waals surface area contributed by atoms with Gasteiger partial charge in [0.2, 0.25) is 0 Å². The largest absolute Gasteiger partial charge is 0.520 e. The molecule has 0 atom stereocenters. The molecule has 2 nitrogen and oxygen atoms in total. The van der Waals surface area contributed by atoms with E-state index >= 15 is 0 Å². The van der Waals surface area contributed by atoms with Gasteiger partial charge in [0.1, 0.15) is 5.75 Å². The summed E-state index contributed by atoms with van der Waals surface area (Å²) in [5, 5.41) is 0. The zero-order valence-corrected chi connectivity index (χ0v) is 12.5. The Kier molecular flexibility index (Phi) is 5.72. The minimum absolute atomic E-state index is 0.818. The van der Waals surface area contributed by atoms with Crippen LogP contribution in [-0.2, 0) is 4.43 Å². The summed E-state index contributed by atoms with van der Waals surface area (Å²) in [5.74, 6) is 0.958. The third-order valence-corrected chi connectivity index (χ3v) is 4.26. The van der Waals surface area contributed by atoms with Gasteiger partial charge in [0, 0.05) is 6.61 Å². The van der Waals surface area contributed by atoms with Crippen LogP contribution in [0.2, 0.25) is 13.1 Å². The highest BCUT2D eigenvalue weighted by Gasteiger charge is 2.26. The summed E-state index contributed by atoms with van der Waals surface area (Å²) in [6.45, 7) is 9.29. The fraction of sp³-hybridized carbons (Fsp3) is 0.571. The molecule has 0 N–H and O–H groups in total. The first-order valence-electron chi connectivity index (χ1n) is 6.44. The van der Waals surface area contributed by atoms with Gasteiger partial charge in [0.05, 0.1) is 0 Å². The van der Waals surface area contributed by atoms with Crippen LogP contribution in [0, 0.1) is 6.92 Å². The molecule has 1 aromatic rings. The SMILES string of the molecule is CCCCCO[Si](C)(C)Oc1ccccc1C. The summed E-state index contributed by atoms with van der Waals surface area (Å²) >= 11 is 0. The van der Waals surface area contributed by atoms with Crippen molar-refractivity contribution in [3.63, 3.8) is 0 Å². The van der Waals surface area contributed by atoms with Crippen molar-refractivity contribution < 1.29 is 8.85 Å². The number of benzene rings is 1. The zero-order valence-electron chi connectivity index (χ0n) is 11.5.